The summed E-state index contributed by atoms with van der Waals surface area (Å²) in [6.07, 6.45) is 0.556. The highest BCUT2D eigenvalue weighted by Crippen LogP contribution is 2.44. The van der Waals surface area contributed by atoms with Crippen molar-refractivity contribution in [1.82, 2.24) is 20.6 Å². The van der Waals surface area contributed by atoms with E-state index >= 15 is 0 Å². The maximum atomic E-state index is 12.7. The van der Waals surface area contributed by atoms with Crippen molar-refractivity contribution >= 4 is 18.0 Å². The first-order valence-electron chi connectivity index (χ1n) is 11.2. The van der Waals surface area contributed by atoms with Crippen LogP contribution in [-0.4, -0.2) is 63.4 Å². The Hall–Kier alpha value is -4.18. The van der Waals surface area contributed by atoms with Gasteiger partial charge >= 0.3 is 12.1 Å². The topological polar surface area (TPSA) is 154 Å². The molecular formula is C25H26N4O6. The molecule has 0 bridgehead atoms. The van der Waals surface area contributed by atoms with Gasteiger partial charge in [-0.25, -0.2) is 9.78 Å². The molecule has 1 aromatic heterocycles. The Kier molecular flexibility index (Phi) is 7.41. The Balaban J connectivity index is 1.40. The largest absolute Gasteiger partial charge is 0.481 e. The average Bonchev–Trinajstić information content (AvgIpc) is 3.46. The van der Waals surface area contributed by atoms with Gasteiger partial charge in [-0.1, -0.05) is 48.5 Å². The molecule has 0 aliphatic heterocycles. The number of imidazole rings is 1. The first kappa shape index (κ1) is 24.0. The number of carbonyl (C=O) groups excluding carboxylic acids is 2. The van der Waals surface area contributed by atoms with Crippen molar-refractivity contribution in [1.29, 1.82) is 0 Å². The van der Waals surface area contributed by atoms with Crippen molar-refractivity contribution in [3.8, 4) is 11.1 Å². The maximum absolute atomic E-state index is 12.7. The first-order valence-corrected chi connectivity index (χ1v) is 11.2. The molecule has 0 spiro atoms. The van der Waals surface area contributed by atoms with Gasteiger partial charge in [0.2, 0.25) is 5.91 Å². The molecule has 2 aromatic carbocycles. The van der Waals surface area contributed by atoms with Gasteiger partial charge in [0.05, 0.1) is 18.9 Å². The zero-order chi connectivity index (χ0) is 24.8. The summed E-state index contributed by atoms with van der Waals surface area (Å²) in [5.41, 5.74) is 4.96. The summed E-state index contributed by atoms with van der Waals surface area (Å²) in [4.78, 5) is 42.9. The van der Waals surface area contributed by atoms with Crippen LogP contribution in [0.3, 0.4) is 0 Å². The van der Waals surface area contributed by atoms with Crippen molar-refractivity contribution in [2.24, 2.45) is 0 Å². The molecular weight excluding hydrogens is 452 g/mol. The highest BCUT2D eigenvalue weighted by atomic mass is 16.5. The van der Waals surface area contributed by atoms with Gasteiger partial charge in [0.15, 0.2) is 0 Å². The quantitative estimate of drug-likeness (QED) is 0.298. The second kappa shape index (κ2) is 10.8. The number of fused-ring (bicyclic) bond motifs is 3. The second-order valence-electron chi connectivity index (χ2n) is 8.30. The van der Waals surface area contributed by atoms with E-state index in [1.54, 1.807) is 0 Å². The fraction of sp³-hybridized carbons (Fsp3) is 0.280. The number of hydrogen-bond donors (Lipinski definition) is 5. The van der Waals surface area contributed by atoms with Crippen molar-refractivity contribution < 1.29 is 29.3 Å². The van der Waals surface area contributed by atoms with Crippen molar-refractivity contribution in [3.63, 3.8) is 0 Å². The Bertz CT molecular complexity index is 1150. The molecule has 182 valence electrons. The average molecular weight is 479 g/mol. The maximum Gasteiger partial charge on any atom is 0.407 e. The minimum Gasteiger partial charge on any atom is -0.481 e. The van der Waals surface area contributed by atoms with Crippen LogP contribution in [0, 0.1) is 0 Å². The number of ether oxygens (including phenoxy) is 1. The summed E-state index contributed by atoms with van der Waals surface area (Å²) in [6, 6.07) is 14.9. The molecule has 0 fully saturated rings. The van der Waals surface area contributed by atoms with E-state index in [1.807, 2.05) is 48.5 Å². The zero-order valence-corrected chi connectivity index (χ0v) is 18.8. The molecule has 0 saturated heterocycles. The van der Waals surface area contributed by atoms with Gasteiger partial charge in [-0.2, -0.15) is 0 Å². The highest BCUT2D eigenvalue weighted by molar-refractivity contribution is 5.86. The normalized spacial score (nSPS) is 13.9. The van der Waals surface area contributed by atoms with Crippen LogP contribution >= 0.6 is 0 Å². The van der Waals surface area contributed by atoms with Crippen LogP contribution in [0.2, 0.25) is 0 Å². The summed E-state index contributed by atoms with van der Waals surface area (Å²) in [6.45, 7) is -0.174. The molecule has 1 heterocycles. The van der Waals surface area contributed by atoms with Gasteiger partial charge in [-0.15, -0.1) is 0 Å². The van der Waals surface area contributed by atoms with Crippen molar-refractivity contribution in [2.75, 3.05) is 13.2 Å². The fourth-order valence-corrected chi connectivity index (χ4v) is 4.22. The summed E-state index contributed by atoms with van der Waals surface area (Å²) >= 11 is 0. The molecule has 2 atom stereocenters. The number of H-pyrrole nitrogens is 1. The number of benzene rings is 2. The first-order chi connectivity index (χ1) is 16.9. The van der Waals surface area contributed by atoms with Gasteiger partial charge in [0.1, 0.15) is 12.6 Å². The van der Waals surface area contributed by atoms with Gasteiger partial charge in [-0.3, -0.25) is 9.59 Å². The number of carbonyl (C=O) groups is 3. The molecule has 35 heavy (non-hydrogen) atoms. The van der Waals surface area contributed by atoms with Crippen LogP contribution in [0.4, 0.5) is 4.79 Å². The third-order valence-electron chi connectivity index (χ3n) is 5.85. The number of carboxylic acid groups (broad SMARTS) is 1. The molecule has 10 nitrogen and oxygen atoms in total. The van der Waals surface area contributed by atoms with E-state index in [2.05, 4.69) is 20.6 Å². The minimum atomic E-state index is -1.25. The van der Waals surface area contributed by atoms with Crippen LogP contribution in [0.1, 0.15) is 29.2 Å². The Morgan fingerprint density at radius 2 is 1.71 bits per heavy atom. The van der Waals surface area contributed by atoms with E-state index in [1.165, 1.54) is 12.5 Å². The molecule has 4 rings (SSSR count). The molecule has 2 amide bonds. The number of aliphatic hydroxyl groups is 1. The van der Waals surface area contributed by atoms with Crippen LogP contribution in [-0.2, 0) is 20.7 Å². The lowest BCUT2D eigenvalue weighted by atomic mass is 9.98. The summed E-state index contributed by atoms with van der Waals surface area (Å²) in [5.74, 6) is -1.89. The van der Waals surface area contributed by atoms with Gasteiger partial charge < -0.3 is 30.6 Å². The summed E-state index contributed by atoms with van der Waals surface area (Å²) in [5, 5.41) is 23.5. The van der Waals surface area contributed by atoms with Crippen LogP contribution in [0.5, 0.6) is 0 Å². The van der Waals surface area contributed by atoms with Crippen molar-refractivity contribution in [2.45, 2.75) is 30.9 Å². The van der Waals surface area contributed by atoms with Crippen molar-refractivity contribution in [3.05, 3.63) is 77.9 Å². The molecule has 1 aliphatic rings. The third-order valence-corrected chi connectivity index (χ3v) is 5.85. The van der Waals surface area contributed by atoms with Crippen LogP contribution in [0.15, 0.2) is 61.1 Å². The number of nitrogens with zero attached hydrogens (tertiary/aromatic N) is 1. The van der Waals surface area contributed by atoms with E-state index in [-0.39, 0.29) is 25.5 Å². The number of hydrogen-bond acceptors (Lipinski definition) is 6. The molecule has 1 unspecified atom stereocenters. The molecule has 5 N–H and O–H groups in total. The number of nitrogens with one attached hydrogen (secondary N) is 3. The number of carboxylic acids is 1. The monoisotopic (exact) mass is 478 g/mol. The van der Waals surface area contributed by atoms with E-state index in [0.29, 0.717) is 5.69 Å². The Labute approximate surface area is 201 Å². The van der Waals surface area contributed by atoms with E-state index < -0.39 is 36.5 Å². The number of aromatic nitrogens is 2. The number of aliphatic hydroxyl groups excluding tert-OH is 1. The number of amides is 2. The SMILES string of the molecule is O=C(O)CC(O)CNC(=O)[C@@H](Cc1cnc[nH]1)NC(=O)OCC1c2ccccc2-c2ccccc21. The fourth-order valence-electron chi connectivity index (χ4n) is 4.22. The molecule has 10 heteroatoms. The number of rotatable bonds is 10. The second-order valence-corrected chi connectivity index (χ2v) is 8.30. The lowest BCUT2D eigenvalue weighted by molar-refractivity contribution is -0.139. The van der Waals surface area contributed by atoms with Crippen LogP contribution in [0.25, 0.3) is 11.1 Å². The summed E-state index contributed by atoms with van der Waals surface area (Å²) in [7, 11) is 0. The van der Waals surface area contributed by atoms with E-state index in [9.17, 15) is 19.5 Å². The third kappa shape index (κ3) is 5.85. The molecule has 3 aromatic rings. The molecule has 0 saturated carbocycles. The predicted molar refractivity (Wildman–Crippen MR) is 126 cm³/mol. The lowest BCUT2D eigenvalue weighted by Gasteiger charge is -2.20. The zero-order valence-electron chi connectivity index (χ0n) is 18.8. The number of alkyl carbamates (subject to hydrolysis) is 1. The van der Waals surface area contributed by atoms with Gasteiger partial charge in [-0.05, 0) is 22.3 Å². The smallest absolute Gasteiger partial charge is 0.407 e. The number of aromatic amines is 1. The van der Waals surface area contributed by atoms with Crippen LogP contribution < -0.4 is 10.6 Å². The van der Waals surface area contributed by atoms with Gasteiger partial charge in [0.25, 0.3) is 0 Å². The number of aliphatic carboxylic acids is 1. The standard InChI is InChI=1S/C25H26N4O6/c30-16(10-23(31)32)12-27-24(33)22(9-15-11-26-14-28-15)29-25(34)35-13-21-19-7-3-1-5-17(19)18-6-2-4-8-20(18)21/h1-8,11,14,16,21-22,30H,9-10,12-13H2,(H,26,28)(H,27,33)(H,29,34)(H,31,32)/t16?,22-/m1/s1. The lowest BCUT2D eigenvalue weighted by Crippen LogP contribution is -2.49. The Morgan fingerprint density at radius 1 is 1.06 bits per heavy atom. The summed E-state index contributed by atoms with van der Waals surface area (Å²) < 4.78 is 5.53. The predicted octanol–water partition coefficient (Wildman–Crippen LogP) is 1.81. The minimum absolute atomic E-state index is 0.0928. The highest BCUT2D eigenvalue weighted by Gasteiger charge is 2.30. The Morgan fingerprint density at radius 3 is 2.31 bits per heavy atom. The molecule has 1 aliphatic carbocycles. The van der Waals surface area contributed by atoms with E-state index in [0.717, 1.165) is 22.3 Å². The molecule has 0 radical (unpaired) electrons. The van der Waals surface area contributed by atoms with E-state index in [4.69, 9.17) is 9.84 Å². The van der Waals surface area contributed by atoms with Gasteiger partial charge in [0, 0.05) is 30.8 Å².